The van der Waals surface area contributed by atoms with Gasteiger partial charge in [-0.15, -0.1) is 0 Å². The Labute approximate surface area is 117 Å². The van der Waals surface area contributed by atoms with Crippen LogP contribution >= 0.6 is 0 Å². The molecular formula is C13H10F3N3O2. The molecule has 5 nitrogen and oxygen atoms in total. The second kappa shape index (κ2) is 5.39. The van der Waals surface area contributed by atoms with Gasteiger partial charge in [0.1, 0.15) is 5.69 Å². The lowest BCUT2D eigenvalue weighted by Crippen LogP contribution is -2.10. The minimum atomic E-state index is -4.55. The molecule has 8 heteroatoms. The highest BCUT2D eigenvalue weighted by atomic mass is 19.4. The van der Waals surface area contributed by atoms with Gasteiger partial charge in [0.05, 0.1) is 5.56 Å². The van der Waals surface area contributed by atoms with Gasteiger partial charge in [0.15, 0.2) is 0 Å². The highest BCUT2D eigenvalue weighted by molar-refractivity contribution is 5.90. The Morgan fingerprint density at radius 2 is 2.00 bits per heavy atom. The first kappa shape index (κ1) is 14.8. The van der Waals surface area contributed by atoms with Gasteiger partial charge < -0.3 is 10.4 Å². The third-order valence-electron chi connectivity index (χ3n) is 2.66. The number of hydrogen-bond donors (Lipinski definition) is 2. The van der Waals surface area contributed by atoms with Gasteiger partial charge in [0.25, 0.3) is 0 Å². The van der Waals surface area contributed by atoms with E-state index in [1.54, 1.807) is 6.92 Å². The molecule has 0 aliphatic rings. The molecule has 0 atom stereocenters. The van der Waals surface area contributed by atoms with E-state index in [-0.39, 0.29) is 11.5 Å². The Kier molecular flexibility index (Phi) is 3.79. The van der Waals surface area contributed by atoms with Crippen molar-refractivity contribution >= 4 is 17.6 Å². The zero-order valence-corrected chi connectivity index (χ0v) is 10.8. The minimum Gasteiger partial charge on any atom is -0.478 e. The van der Waals surface area contributed by atoms with Gasteiger partial charge in [0.2, 0.25) is 5.95 Å². The van der Waals surface area contributed by atoms with Crippen LogP contribution in [0.25, 0.3) is 0 Å². The normalized spacial score (nSPS) is 11.2. The highest BCUT2D eigenvalue weighted by Gasteiger charge is 2.32. The summed E-state index contributed by atoms with van der Waals surface area (Å²) in [4.78, 5) is 17.9. The van der Waals surface area contributed by atoms with Gasteiger partial charge in [-0.1, -0.05) is 0 Å². The molecule has 0 saturated heterocycles. The average Bonchev–Trinajstić information content (AvgIpc) is 2.37. The van der Waals surface area contributed by atoms with Crippen molar-refractivity contribution in [2.75, 3.05) is 5.32 Å². The van der Waals surface area contributed by atoms with Crippen LogP contribution in [0.4, 0.5) is 24.8 Å². The number of carbonyl (C=O) groups is 1. The maximum absolute atomic E-state index is 12.5. The summed E-state index contributed by atoms with van der Waals surface area (Å²) in [6, 6.07) is 5.05. The van der Waals surface area contributed by atoms with Crippen LogP contribution < -0.4 is 5.32 Å². The molecule has 0 bridgehead atoms. The van der Waals surface area contributed by atoms with Gasteiger partial charge in [-0.25, -0.2) is 14.8 Å². The lowest BCUT2D eigenvalue weighted by atomic mass is 10.1. The molecule has 0 aliphatic heterocycles. The Hall–Kier alpha value is -2.64. The number of halogens is 3. The van der Waals surface area contributed by atoms with Crippen LogP contribution in [0, 0.1) is 6.92 Å². The number of carboxylic acid groups (broad SMARTS) is 1. The first-order valence-electron chi connectivity index (χ1n) is 5.78. The van der Waals surface area contributed by atoms with E-state index in [1.807, 2.05) is 0 Å². The monoisotopic (exact) mass is 297 g/mol. The van der Waals surface area contributed by atoms with E-state index in [1.165, 1.54) is 18.2 Å². The fraction of sp³-hybridized carbons (Fsp3) is 0.154. The molecule has 0 amide bonds. The predicted molar refractivity (Wildman–Crippen MR) is 68.5 cm³/mol. The average molecular weight is 297 g/mol. The second-order valence-electron chi connectivity index (χ2n) is 4.22. The van der Waals surface area contributed by atoms with Crippen molar-refractivity contribution in [2.24, 2.45) is 0 Å². The van der Waals surface area contributed by atoms with Crippen molar-refractivity contribution < 1.29 is 23.1 Å². The van der Waals surface area contributed by atoms with Crippen LogP contribution in [-0.4, -0.2) is 21.0 Å². The van der Waals surface area contributed by atoms with Crippen LogP contribution in [0.3, 0.4) is 0 Å². The number of anilines is 2. The van der Waals surface area contributed by atoms with Crippen molar-refractivity contribution in [3.05, 3.63) is 47.3 Å². The van der Waals surface area contributed by atoms with Crippen molar-refractivity contribution in [3.8, 4) is 0 Å². The Balaban J connectivity index is 2.27. The maximum atomic E-state index is 12.5. The fourth-order valence-electron chi connectivity index (χ4n) is 1.69. The van der Waals surface area contributed by atoms with E-state index < -0.39 is 17.8 Å². The number of alkyl halides is 3. The largest absolute Gasteiger partial charge is 0.478 e. The topological polar surface area (TPSA) is 75.1 Å². The number of aryl methyl sites for hydroxylation is 1. The highest BCUT2D eigenvalue weighted by Crippen LogP contribution is 2.28. The van der Waals surface area contributed by atoms with Crippen LogP contribution in [0.2, 0.25) is 0 Å². The fourth-order valence-corrected chi connectivity index (χ4v) is 1.69. The van der Waals surface area contributed by atoms with E-state index in [0.29, 0.717) is 11.3 Å². The number of aromatic nitrogens is 2. The summed E-state index contributed by atoms with van der Waals surface area (Å²) in [5.41, 5.74) is -0.0688. The quantitative estimate of drug-likeness (QED) is 0.909. The second-order valence-corrected chi connectivity index (χ2v) is 4.22. The number of nitrogens with zero attached hydrogens (tertiary/aromatic N) is 2. The molecule has 2 aromatic rings. The van der Waals surface area contributed by atoms with Crippen molar-refractivity contribution in [1.82, 2.24) is 9.97 Å². The first-order valence-corrected chi connectivity index (χ1v) is 5.78. The van der Waals surface area contributed by atoms with Gasteiger partial charge in [0, 0.05) is 11.9 Å². The number of rotatable bonds is 3. The van der Waals surface area contributed by atoms with Crippen LogP contribution in [0.1, 0.15) is 21.6 Å². The molecule has 2 N–H and O–H groups in total. The minimum absolute atomic E-state index is 0.116. The lowest BCUT2D eigenvalue weighted by Gasteiger charge is -2.09. The molecule has 0 unspecified atom stereocenters. The summed E-state index contributed by atoms with van der Waals surface area (Å²) in [5.74, 6) is -1.29. The van der Waals surface area contributed by atoms with Crippen LogP contribution in [-0.2, 0) is 6.18 Å². The van der Waals surface area contributed by atoms with Gasteiger partial charge in [-0.05, 0) is 36.8 Å². The molecule has 0 spiro atoms. The summed E-state index contributed by atoms with van der Waals surface area (Å²) < 4.78 is 37.6. The number of nitrogens with one attached hydrogen (secondary N) is 1. The van der Waals surface area contributed by atoms with E-state index >= 15 is 0 Å². The van der Waals surface area contributed by atoms with E-state index in [0.717, 1.165) is 12.3 Å². The molecule has 110 valence electrons. The molecule has 21 heavy (non-hydrogen) atoms. The molecular weight excluding hydrogens is 287 g/mol. The van der Waals surface area contributed by atoms with Gasteiger partial charge >= 0.3 is 12.1 Å². The Bertz CT molecular complexity index is 687. The third kappa shape index (κ3) is 3.47. The number of benzene rings is 1. The first-order chi connectivity index (χ1) is 9.77. The van der Waals surface area contributed by atoms with Gasteiger partial charge in [-0.3, -0.25) is 0 Å². The number of aromatic carboxylic acids is 1. The van der Waals surface area contributed by atoms with Crippen molar-refractivity contribution in [1.29, 1.82) is 0 Å². The van der Waals surface area contributed by atoms with E-state index in [4.69, 9.17) is 5.11 Å². The Morgan fingerprint density at radius 1 is 1.29 bits per heavy atom. The van der Waals surface area contributed by atoms with Crippen LogP contribution in [0.15, 0.2) is 30.5 Å². The summed E-state index contributed by atoms with van der Waals surface area (Å²) in [7, 11) is 0. The SMILES string of the molecule is Cc1cc(Nc2nccc(C(F)(F)F)n2)ccc1C(=O)O. The third-order valence-corrected chi connectivity index (χ3v) is 2.66. The van der Waals surface area contributed by atoms with E-state index in [9.17, 15) is 18.0 Å². The molecule has 1 aromatic heterocycles. The van der Waals surface area contributed by atoms with E-state index in [2.05, 4.69) is 15.3 Å². The summed E-state index contributed by atoms with van der Waals surface area (Å²) in [6.07, 6.45) is -3.56. The van der Waals surface area contributed by atoms with Gasteiger partial charge in [-0.2, -0.15) is 13.2 Å². The summed E-state index contributed by atoms with van der Waals surface area (Å²) in [5, 5.41) is 11.5. The molecule has 1 aromatic carbocycles. The standard InChI is InChI=1S/C13H10F3N3O2/c1-7-6-8(2-3-9(7)11(20)21)18-12-17-5-4-10(19-12)13(14,15)16/h2-6H,1H3,(H,20,21)(H,17,18,19). The van der Waals surface area contributed by atoms with Crippen molar-refractivity contribution in [2.45, 2.75) is 13.1 Å². The van der Waals surface area contributed by atoms with Crippen LogP contribution in [0.5, 0.6) is 0 Å². The number of hydrogen-bond acceptors (Lipinski definition) is 4. The number of carboxylic acids is 1. The zero-order chi connectivity index (χ0) is 15.6. The molecule has 0 radical (unpaired) electrons. The predicted octanol–water partition coefficient (Wildman–Crippen LogP) is 3.25. The van der Waals surface area contributed by atoms with Crippen molar-refractivity contribution in [3.63, 3.8) is 0 Å². The zero-order valence-electron chi connectivity index (χ0n) is 10.8. The maximum Gasteiger partial charge on any atom is 0.433 e. The molecule has 0 aliphatic carbocycles. The molecule has 0 saturated carbocycles. The molecule has 0 fully saturated rings. The lowest BCUT2D eigenvalue weighted by molar-refractivity contribution is -0.141. The summed E-state index contributed by atoms with van der Waals surface area (Å²) in [6.45, 7) is 1.58. The molecule has 1 heterocycles. The molecule has 2 rings (SSSR count). The Morgan fingerprint density at radius 3 is 2.57 bits per heavy atom. The summed E-state index contributed by atoms with van der Waals surface area (Å²) >= 11 is 0. The smallest absolute Gasteiger partial charge is 0.433 e.